The second kappa shape index (κ2) is 7.88. The molecule has 0 aliphatic heterocycles. The molecule has 1 N–H and O–H groups in total. The van der Waals surface area contributed by atoms with Gasteiger partial charge in [-0.2, -0.15) is 5.26 Å². The molecule has 0 aliphatic carbocycles. The van der Waals surface area contributed by atoms with Gasteiger partial charge in [0.2, 0.25) is 0 Å². The summed E-state index contributed by atoms with van der Waals surface area (Å²) in [5.41, 5.74) is 0.470. The Morgan fingerprint density at radius 3 is 2.50 bits per heavy atom. The predicted octanol–water partition coefficient (Wildman–Crippen LogP) is 3.91. The standard InChI is InChI=1S/C18H14F2N2O2/c1-2-24-15-6-4-14(5-7-15)22-18(23)13(11-21)9-12-3-8-16(19)17(20)10-12/h3-10H,2H2,1H3,(H,22,23)/b13-9+. The molecule has 0 atom stereocenters. The van der Waals surface area contributed by atoms with Crippen molar-refractivity contribution in [2.75, 3.05) is 11.9 Å². The van der Waals surface area contributed by atoms with Crippen LogP contribution >= 0.6 is 0 Å². The molecule has 2 aromatic rings. The molecule has 1 amide bonds. The predicted molar refractivity (Wildman–Crippen MR) is 86.2 cm³/mol. The fourth-order valence-electron chi connectivity index (χ4n) is 1.92. The topological polar surface area (TPSA) is 62.1 Å². The maximum Gasteiger partial charge on any atom is 0.266 e. The number of amides is 1. The Kier molecular flexibility index (Phi) is 5.63. The Morgan fingerprint density at radius 2 is 1.92 bits per heavy atom. The van der Waals surface area contributed by atoms with E-state index in [1.54, 1.807) is 30.3 Å². The maximum absolute atomic E-state index is 13.2. The van der Waals surface area contributed by atoms with Crippen LogP contribution in [-0.2, 0) is 4.79 Å². The van der Waals surface area contributed by atoms with Gasteiger partial charge in [0.15, 0.2) is 11.6 Å². The molecule has 4 nitrogen and oxygen atoms in total. The van der Waals surface area contributed by atoms with Gasteiger partial charge in [-0.1, -0.05) is 6.07 Å². The molecule has 0 bridgehead atoms. The summed E-state index contributed by atoms with van der Waals surface area (Å²) >= 11 is 0. The molecule has 122 valence electrons. The SMILES string of the molecule is CCOc1ccc(NC(=O)/C(C#N)=C/c2ccc(F)c(F)c2)cc1. The smallest absolute Gasteiger partial charge is 0.266 e. The zero-order chi connectivity index (χ0) is 17.5. The number of nitrogens with zero attached hydrogens (tertiary/aromatic N) is 1. The fourth-order valence-corrected chi connectivity index (χ4v) is 1.92. The van der Waals surface area contributed by atoms with Gasteiger partial charge in [0.25, 0.3) is 5.91 Å². The average molecular weight is 328 g/mol. The van der Waals surface area contributed by atoms with Crippen LogP contribution in [0.3, 0.4) is 0 Å². The molecule has 0 unspecified atom stereocenters. The van der Waals surface area contributed by atoms with Gasteiger partial charge in [0.1, 0.15) is 17.4 Å². The minimum absolute atomic E-state index is 0.215. The molecule has 0 saturated heterocycles. The number of halogens is 2. The number of hydrogen-bond donors (Lipinski definition) is 1. The first-order valence-corrected chi connectivity index (χ1v) is 7.14. The van der Waals surface area contributed by atoms with Gasteiger partial charge in [-0.25, -0.2) is 8.78 Å². The van der Waals surface area contributed by atoms with E-state index in [-0.39, 0.29) is 11.1 Å². The molecule has 0 saturated carbocycles. The van der Waals surface area contributed by atoms with Gasteiger partial charge in [0, 0.05) is 5.69 Å². The summed E-state index contributed by atoms with van der Waals surface area (Å²) in [4.78, 5) is 12.1. The second-order valence-corrected chi connectivity index (χ2v) is 4.75. The van der Waals surface area contributed by atoms with E-state index >= 15 is 0 Å². The molecule has 0 heterocycles. The van der Waals surface area contributed by atoms with Crippen molar-refractivity contribution in [2.45, 2.75) is 6.92 Å². The molecule has 0 aromatic heterocycles. The van der Waals surface area contributed by atoms with Crippen LogP contribution in [0.4, 0.5) is 14.5 Å². The molecule has 6 heteroatoms. The van der Waals surface area contributed by atoms with E-state index in [0.29, 0.717) is 18.0 Å². The van der Waals surface area contributed by atoms with Gasteiger partial charge in [-0.05, 0) is 55.0 Å². The normalized spacial score (nSPS) is 10.8. The van der Waals surface area contributed by atoms with Crippen molar-refractivity contribution < 1.29 is 18.3 Å². The van der Waals surface area contributed by atoms with Crippen LogP contribution in [0.5, 0.6) is 5.75 Å². The number of hydrogen-bond acceptors (Lipinski definition) is 3. The molecule has 0 aliphatic rings. The molecule has 2 rings (SSSR count). The van der Waals surface area contributed by atoms with Crippen molar-refractivity contribution in [2.24, 2.45) is 0 Å². The summed E-state index contributed by atoms with van der Waals surface area (Å²) in [5.74, 6) is -2.03. The van der Waals surface area contributed by atoms with Crippen molar-refractivity contribution in [3.8, 4) is 11.8 Å². The van der Waals surface area contributed by atoms with E-state index in [0.717, 1.165) is 12.1 Å². The van der Waals surface area contributed by atoms with Gasteiger partial charge in [-0.3, -0.25) is 4.79 Å². The summed E-state index contributed by atoms with van der Waals surface area (Å²) in [5, 5.41) is 11.7. The van der Waals surface area contributed by atoms with Crippen molar-refractivity contribution >= 4 is 17.7 Å². The number of rotatable bonds is 5. The van der Waals surface area contributed by atoms with Gasteiger partial charge in [0.05, 0.1) is 6.61 Å². The van der Waals surface area contributed by atoms with Gasteiger partial charge >= 0.3 is 0 Å². The van der Waals surface area contributed by atoms with Crippen molar-refractivity contribution in [1.29, 1.82) is 5.26 Å². The molecule has 0 radical (unpaired) electrons. The number of anilines is 1. The Bertz CT molecular complexity index is 809. The van der Waals surface area contributed by atoms with Gasteiger partial charge < -0.3 is 10.1 Å². The molecular formula is C18H14F2N2O2. The van der Waals surface area contributed by atoms with Crippen LogP contribution in [0.15, 0.2) is 48.0 Å². The van der Waals surface area contributed by atoms with E-state index in [1.807, 2.05) is 6.92 Å². The largest absolute Gasteiger partial charge is 0.494 e. The molecule has 0 fully saturated rings. The van der Waals surface area contributed by atoms with E-state index in [9.17, 15) is 13.6 Å². The summed E-state index contributed by atoms with van der Waals surface area (Å²) in [6.45, 7) is 2.39. The highest BCUT2D eigenvalue weighted by atomic mass is 19.2. The minimum Gasteiger partial charge on any atom is -0.494 e. The number of nitriles is 1. The van der Waals surface area contributed by atoms with Crippen LogP contribution in [0.1, 0.15) is 12.5 Å². The van der Waals surface area contributed by atoms with Crippen LogP contribution < -0.4 is 10.1 Å². The van der Waals surface area contributed by atoms with E-state index in [4.69, 9.17) is 10.00 Å². The number of nitrogens with one attached hydrogen (secondary N) is 1. The monoisotopic (exact) mass is 328 g/mol. The number of benzene rings is 2. The molecule has 24 heavy (non-hydrogen) atoms. The zero-order valence-electron chi connectivity index (χ0n) is 12.8. The Balaban J connectivity index is 2.15. The van der Waals surface area contributed by atoms with Crippen LogP contribution in [0.2, 0.25) is 0 Å². The lowest BCUT2D eigenvalue weighted by Gasteiger charge is -2.06. The third-order valence-electron chi connectivity index (χ3n) is 3.04. The Morgan fingerprint density at radius 1 is 1.21 bits per heavy atom. The summed E-state index contributed by atoms with van der Waals surface area (Å²) < 4.78 is 31.4. The lowest BCUT2D eigenvalue weighted by atomic mass is 10.1. The van der Waals surface area contributed by atoms with Crippen LogP contribution in [-0.4, -0.2) is 12.5 Å². The molecule has 0 spiro atoms. The number of ether oxygens (including phenoxy) is 1. The summed E-state index contributed by atoms with van der Waals surface area (Å²) in [6.07, 6.45) is 1.19. The highest BCUT2D eigenvalue weighted by Crippen LogP contribution is 2.17. The maximum atomic E-state index is 13.2. The second-order valence-electron chi connectivity index (χ2n) is 4.75. The number of carbonyl (C=O) groups is 1. The summed E-state index contributed by atoms with van der Waals surface area (Å²) in [7, 11) is 0. The fraction of sp³-hybridized carbons (Fsp3) is 0.111. The third kappa shape index (κ3) is 4.40. The van der Waals surface area contributed by atoms with Crippen LogP contribution in [0.25, 0.3) is 6.08 Å². The van der Waals surface area contributed by atoms with Crippen molar-refractivity contribution in [1.82, 2.24) is 0 Å². The van der Waals surface area contributed by atoms with Crippen molar-refractivity contribution in [3.05, 3.63) is 65.2 Å². The van der Waals surface area contributed by atoms with E-state index in [1.165, 1.54) is 12.1 Å². The quantitative estimate of drug-likeness (QED) is 0.668. The minimum atomic E-state index is -1.05. The lowest BCUT2D eigenvalue weighted by molar-refractivity contribution is -0.112. The first-order valence-electron chi connectivity index (χ1n) is 7.14. The molecule has 2 aromatic carbocycles. The first-order chi connectivity index (χ1) is 11.5. The molecular weight excluding hydrogens is 314 g/mol. The van der Waals surface area contributed by atoms with Crippen molar-refractivity contribution in [3.63, 3.8) is 0 Å². The van der Waals surface area contributed by atoms with E-state index in [2.05, 4.69) is 5.32 Å². The number of carbonyl (C=O) groups excluding carboxylic acids is 1. The Labute approximate surface area is 138 Å². The zero-order valence-corrected chi connectivity index (χ0v) is 12.8. The lowest BCUT2D eigenvalue weighted by Crippen LogP contribution is -2.13. The average Bonchev–Trinajstić information content (AvgIpc) is 2.57. The van der Waals surface area contributed by atoms with Gasteiger partial charge in [-0.15, -0.1) is 0 Å². The van der Waals surface area contributed by atoms with E-state index < -0.39 is 17.5 Å². The Hall–Kier alpha value is -3.20. The summed E-state index contributed by atoms with van der Waals surface area (Å²) in [6, 6.07) is 11.5. The highest BCUT2D eigenvalue weighted by Gasteiger charge is 2.10. The third-order valence-corrected chi connectivity index (χ3v) is 3.04. The first kappa shape index (κ1) is 17.2. The van der Waals surface area contributed by atoms with Crippen LogP contribution in [0, 0.1) is 23.0 Å². The highest BCUT2D eigenvalue weighted by molar-refractivity contribution is 6.09.